The molecule has 2 amide bonds. The number of urea groups is 1. The Hall–Kier alpha value is -2.21. The molecule has 1 aliphatic heterocycles. The van der Waals surface area contributed by atoms with Crippen molar-refractivity contribution in [3.63, 3.8) is 0 Å². The van der Waals surface area contributed by atoms with Crippen LogP contribution in [0.25, 0.3) is 0 Å². The Kier molecular flexibility index (Phi) is 2.64. The van der Waals surface area contributed by atoms with Gasteiger partial charge in [-0.15, -0.1) is 0 Å². The summed E-state index contributed by atoms with van der Waals surface area (Å²) < 4.78 is 4.86. The first kappa shape index (κ1) is 11.3. The molecule has 1 aliphatic rings. The van der Waals surface area contributed by atoms with E-state index in [1.54, 1.807) is 12.1 Å². The van der Waals surface area contributed by atoms with Crippen LogP contribution in [0.2, 0.25) is 0 Å². The number of hydrogen-bond donors (Lipinski definition) is 1. The van der Waals surface area contributed by atoms with E-state index in [0.717, 1.165) is 0 Å². The van der Waals surface area contributed by atoms with E-state index < -0.39 is 10.6 Å². The Bertz CT molecular complexity index is 516. The standard InChI is InChI=1S/C11H10N3O3/c1-8(15)10-4-3-9(17-10)7-14(11(12)16)6-2-5-13-14/h2-4,6H,7H2,1H3,(H-,12,16)/p+1. The number of ketones is 1. The van der Waals surface area contributed by atoms with Gasteiger partial charge in [-0.05, 0) is 12.1 Å². The van der Waals surface area contributed by atoms with Crippen molar-refractivity contribution >= 4 is 18.0 Å². The lowest BCUT2D eigenvalue weighted by atomic mass is 10.3. The number of furan rings is 1. The second kappa shape index (κ2) is 3.99. The third-order valence-electron chi connectivity index (χ3n) is 2.42. The minimum absolute atomic E-state index is 0.131. The van der Waals surface area contributed by atoms with Crippen LogP contribution in [0.1, 0.15) is 23.2 Å². The number of allylic oxidation sites excluding steroid dienone is 1. The highest BCUT2D eigenvalue weighted by Gasteiger charge is 2.36. The highest BCUT2D eigenvalue weighted by molar-refractivity contribution is 5.91. The highest BCUT2D eigenvalue weighted by atomic mass is 16.3. The summed E-state index contributed by atoms with van der Waals surface area (Å²) in [7, 11) is 0. The van der Waals surface area contributed by atoms with Gasteiger partial charge in [-0.3, -0.25) is 4.79 Å². The summed E-state index contributed by atoms with van der Waals surface area (Å²) in [5.74, 6) is 0.541. The molecular formula is C11H11N3O3+. The van der Waals surface area contributed by atoms with Crippen LogP contribution in [0.3, 0.4) is 0 Å². The molecule has 1 atom stereocenters. The van der Waals surface area contributed by atoms with Gasteiger partial charge in [-0.25, -0.2) is 4.79 Å². The summed E-state index contributed by atoms with van der Waals surface area (Å²) in [5.41, 5.74) is 5.29. The van der Waals surface area contributed by atoms with Gasteiger partial charge < -0.3 is 10.2 Å². The Morgan fingerprint density at radius 3 is 2.76 bits per heavy atom. The van der Waals surface area contributed by atoms with Gasteiger partial charge in [-0.1, -0.05) is 9.69 Å². The number of quaternary nitrogens is 1. The van der Waals surface area contributed by atoms with Crippen molar-refractivity contribution in [3.05, 3.63) is 35.9 Å². The molecular weight excluding hydrogens is 222 g/mol. The summed E-state index contributed by atoms with van der Waals surface area (Å²) in [4.78, 5) is 22.4. The lowest BCUT2D eigenvalue weighted by Crippen LogP contribution is -2.45. The topological polar surface area (TPSA) is 85.7 Å². The van der Waals surface area contributed by atoms with E-state index in [-0.39, 0.29) is 18.1 Å². The maximum Gasteiger partial charge on any atom is 0.445 e. The van der Waals surface area contributed by atoms with E-state index >= 15 is 0 Å². The van der Waals surface area contributed by atoms with Crippen molar-refractivity contribution in [2.24, 2.45) is 10.8 Å². The second-order valence-electron chi connectivity index (χ2n) is 3.69. The van der Waals surface area contributed by atoms with Crippen LogP contribution >= 0.6 is 0 Å². The van der Waals surface area contributed by atoms with Crippen molar-refractivity contribution in [3.8, 4) is 0 Å². The predicted molar refractivity (Wildman–Crippen MR) is 58.8 cm³/mol. The number of rotatable bonds is 3. The van der Waals surface area contributed by atoms with Crippen LogP contribution in [0.5, 0.6) is 0 Å². The van der Waals surface area contributed by atoms with Gasteiger partial charge >= 0.3 is 6.03 Å². The fourth-order valence-electron chi connectivity index (χ4n) is 1.50. The molecule has 0 aliphatic carbocycles. The molecule has 2 rings (SSSR count). The fraction of sp³-hybridized carbons (Fsp3) is 0.182. The largest absolute Gasteiger partial charge is 0.452 e. The average molecular weight is 233 g/mol. The van der Waals surface area contributed by atoms with Gasteiger partial charge in [0.15, 0.2) is 30.1 Å². The molecule has 2 heterocycles. The molecule has 1 aromatic heterocycles. The smallest absolute Gasteiger partial charge is 0.445 e. The van der Waals surface area contributed by atoms with Gasteiger partial charge in [0.1, 0.15) is 6.20 Å². The van der Waals surface area contributed by atoms with Crippen LogP contribution in [-0.4, -0.2) is 22.6 Å². The first-order valence-corrected chi connectivity index (χ1v) is 4.96. The minimum atomic E-state index is -0.632. The van der Waals surface area contributed by atoms with E-state index in [1.807, 2.05) is 0 Å². The van der Waals surface area contributed by atoms with Crippen LogP contribution in [0, 0.1) is 0 Å². The number of Topliss-reactive ketones (excluding diaryl/α,β-unsaturated/α-hetero) is 1. The van der Waals surface area contributed by atoms with E-state index in [2.05, 4.69) is 11.3 Å². The van der Waals surface area contributed by atoms with Crippen molar-refractivity contribution in [1.29, 1.82) is 0 Å². The van der Waals surface area contributed by atoms with Gasteiger partial charge in [0, 0.05) is 13.0 Å². The molecule has 0 saturated carbocycles. The molecule has 1 aromatic rings. The van der Waals surface area contributed by atoms with E-state index in [4.69, 9.17) is 10.2 Å². The van der Waals surface area contributed by atoms with Crippen LogP contribution in [-0.2, 0) is 6.54 Å². The lowest BCUT2D eigenvalue weighted by molar-refractivity contribution is -0.816. The maximum absolute atomic E-state index is 11.4. The SMILES string of the molecule is CC(=O)c1ccc(C[N+]2(C(N)=O)C=C[C]=N2)o1. The fourth-order valence-corrected chi connectivity index (χ4v) is 1.50. The molecule has 0 bridgehead atoms. The first-order valence-electron chi connectivity index (χ1n) is 4.96. The molecule has 6 heteroatoms. The Balaban J connectivity index is 2.24. The molecule has 87 valence electrons. The molecule has 0 fully saturated rings. The highest BCUT2D eigenvalue weighted by Crippen LogP contribution is 2.21. The molecule has 0 aromatic carbocycles. The Morgan fingerprint density at radius 2 is 2.29 bits per heavy atom. The number of primary amides is 1. The number of nitrogens with zero attached hydrogens (tertiary/aromatic N) is 2. The predicted octanol–water partition coefficient (Wildman–Crippen LogP) is 1.27. The minimum Gasteiger partial charge on any atom is -0.452 e. The molecule has 17 heavy (non-hydrogen) atoms. The maximum atomic E-state index is 11.4. The zero-order chi connectivity index (χ0) is 12.5. The number of carbonyl (C=O) groups excluding carboxylic acids is 2. The number of amides is 2. The monoisotopic (exact) mass is 233 g/mol. The van der Waals surface area contributed by atoms with Gasteiger partial charge in [0.05, 0.1) is 0 Å². The molecule has 1 unspecified atom stereocenters. The summed E-state index contributed by atoms with van der Waals surface area (Å²) in [6.07, 6.45) is 5.58. The van der Waals surface area contributed by atoms with Crippen molar-refractivity contribution in [2.75, 3.05) is 0 Å². The van der Waals surface area contributed by atoms with E-state index in [9.17, 15) is 9.59 Å². The molecule has 0 saturated heterocycles. The molecule has 1 radical (unpaired) electrons. The molecule has 6 nitrogen and oxygen atoms in total. The third kappa shape index (κ3) is 2.02. The summed E-state index contributed by atoms with van der Waals surface area (Å²) in [5, 5.41) is 3.87. The van der Waals surface area contributed by atoms with Gasteiger partial charge in [0.2, 0.25) is 0 Å². The Labute approximate surface area is 97.6 Å². The summed E-state index contributed by atoms with van der Waals surface area (Å²) in [6, 6.07) is 2.55. The second-order valence-corrected chi connectivity index (χ2v) is 3.69. The van der Waals surface area contributed by atoms with Crippen LogP contribution in [0.4, 0.5) is 4.79 Å². The number of carbonyl (C=O) groups is 2. The van der Waals surface area contributed by atoms with Crippen molar-refractivity contribution < 1.29 is 18.6 Å². The average Bonchev–Trinajstić information content (AvgIpc) is 2.88. The first-order chi connectivity index (χ1) is 8.03. The van der Waals surface area contributed by atoms with E-state index in [1.165, 1.54) is 19.2 Å². The zero-order valence-corrected chi connectivity index (χ0v) is 9.21. The van der Waals surface area contributed by atoms with Gasteiger partial charge in [-0.2, -0.15) is 0 Å². The lowest BCUT2D eigenvalue weighted by Gasteiger charge is -2.18. The van der Waals surface area contributed by atoms with Crippen LogP contribution < -0.4 is 5.73 Å². The third-order valence-corrected chi connectivity index (χ3v) is 2.42. The van der Waals surface area contributed by atoms with Crippen LogP contribution in [0.15, 0.2) is 33.9 Å². The molecule has 0 spiro atoms. The number of hydrogen-bond acceptors (Lipinski definition) is 4. The Morgan fingerprint density at radius 1 is 1.53 bits per heavy atom. The number of nitrogens with two attached hydrogens (primary N) is 1. The summed E-state index contributed by atoms with van der Waals surface area (Å²) >= 11 is 0. The van der Waals surface area contributed by atoms with E-state index in [0.29, 0.717) is 5.76 Å². The quantitative estimate of drug-likeness (QED) is 0.630. The van der Waals surface area contributed by atoms with Crippen molar-refractivity contribution in [1.82, 2.24) is 0 Å². The summed E-state index contributed by atoms with van der Waals surface area (Å²) in [6.45, 7) is 1.54. The molecule has 2 N–H and O–H groups in total. The van der Waals surface area contributed by atoms with Gasteiger partial charge in [0.25, 0.3) is 0 Å². The zero-order valence-electron chi connectivity index (χ0n) is 9.21. The van der Waals surface area contributed by atoms with Crippen molar-refractivity contribution in [2.45, 2.75) is 13.5 Å². The normalized spacial score (nSPS) is 21.9.